The number of aryl methyl sites for hydroxylation is 1. The summed E-state index contributed by atoms with van der Waals surface area (Å²) in [5.74, 6) is 2.56. The van der Waals surface area contributed by atoms with Crippen LogP contribution in [0.3, 0.4) is 0 Å². The highest BCUT2D eigenvalue weighted by molar-refractivity contribution is 5.47. The highest BCUT2D eigenvalue weighted by atomic mass is 16.3. The quantitative estimate of drug-likeness (QED) is 0.618. The molecule has 5 heteroatoms. The maximum atomic E-state index is 9.65. The monoisotopic (exact) mass is 294 g/mol. The third kappa shape index (κ3) is 5.16. The summed E-state index contributed by atoms with van der Waals surface area (Å²) in [5.41, 5.74) is -0.0752. The Labute approximate surface area is 128 Å². The summed E-state index contributed by atoms with van der Waals surface area (Å²) in [4.78, 5) is 9.07. The Morgan fingerprint density at radius 1 is 1.05 bits per heavy atom. The molecule has 0 aliphatic rings. The van der Waals surface area contributed by atoms with Gasteiger partial charge in [0, 0.05) is 31.0 Å². The van der Waals surface area contributed by atoms with Gasteiger partial charge in [-0.25, -0.2) is 9.97 Å². The van der Waals surface area contributed by atoms with Gasteiger partial charge < -0.3 is 15.7 Å². The highest BCUT2D eigenvalue weighted by Gasteiger charge is 2.25. The molecule has 0 atom stereocenters. The van der Waals surface area contributed by atoms with Crippen molar-refractivity contribution in [1.82, 2.24) is 9.97 Å². The number of aromatic nitrogens is 2. The van der Waals surface area contributed by atoms with Crippen LogP contribution in [0, 0.1) is 5.41 Å². The van der Waals surface area contributed by atoms with Crippen LogP contribution in [0.1, 0.15) is 52.8 Å². The van der Waals surface area contributed by atoms with Crippen molar-refractivity contribution in [3.05, 3.63) is 11.9 Å². The zero-order valence-corrected chi connectivity index (χ0v) is 13.9. The molecule has 0 amide bonds. The molecule has 0 saturated heterocycles. The molecule has 0 spiro atoms. The van der Waals surface area contributed by atoms with E-state index in [0.29, 0.717) is 0 Å². The molecule has 3 N–H and O–H groups in total. The second-order valence-corrected chi connectivity index (χ2v) is 5.55. The van der Waals surface area contributed by atoms with Crippen LogP contribution in [0.25, 0.3) is 0 Å². The predicted octanol–water partition coefficient (Wildman–Crippen LogP) is 3.07. The van der Waals surface area contributed by atoms with Gasteiger partial charge in [-0.1, -0.05) is 20.8 Å². The third-order valence-corrected chi connectivity index (χ3v) is 4.08. The van der Waals surface area contributed by atoms with Gasteiger partial charge in [0.25, 0.3) is 0 Å². The topological polar surface area (TPSA) is 70.1 Å². The van der Waals surface area contributed by atoms with Crippen molar-refractivity contribution in [1.29, 1.82) is 0 Å². The lowest BCUT2D eigenvalue weighted by molar-refractivity contribution is 0.127. The third-order valence-electron chi connectivity index (χ3n) is 4.08. The van der Waals surface area contributed by atoms with Gasteiger partial charge in [-0.2, -0.15) is 0 Å². The number of hydrogen-bond donors (Lipinski definition) is 3. The van der Waals surface area contributed by atoms with Crippen molar-refractivity contribution >= 4 is 11.6 Å². The van der Waals surface area contributed by atoms with E-state index >= 15 is 0 Å². The van der Waals surface area contributed by atoms with E-state index in [1.165, 1.54) is 0 Å². The van der Waals surface area contributed by atoms with E-state index in [-0.39, 0.29) is 12.0 Å². The molecule has 1 heterocycles. The predicted molar refractivity (Wildman–Crippen MR) is 88.8 cm³/mol. The molecule has 0 saturated carbocycles. The second kappa shape index (κ2) is 8.82. The van der Waals surface area contributed by atoms with E-state index < -0.39 is 0 Å². The van der Waals surface area contributed by atoms with Crippen molar-refractivity contribution in [3.63, 3.8) is 0 Å². The van der Waals surface area contributed by atoms with Crippen LogP contribution in [-0.4, -0.2) is 34.8 Å². The zero-order valence-electron chi connectivity index (χ0n) is 13.9. The van der Waals surface area contributed by atoms with Crippen LogP contribution in [0.5, 0.6) is 0 Å². The number of aliphatic hydroxyl groups is 1. The largest absolute Gasteiger partial charge is 0.396 e. The van der Waals surface area contributed by atoms with Gasteiger partial charge >= 0.3 is 0 Å². The summed E-state index contributed by atoms with van der Waals surface area (Å²) in [7, 11) is 0. The molecule has 0 unspecified atom stereocenters. The van der Waals surface area contributed by atoms with Crippen LogP contribution in [0.4, 0.5) is 11.6 Å². The minimum Gasteiger partial charge on any atom is -0.396 e. The van der Waals surface area contributed by atoms with E-state index in [9.17, 15) is 5.11 Å². The molecule has 0 radical (unpaired) electrons. The molecular weight excluding hydrogens is 264 g/mol. The van der Waals surface area contributed by atoms with Gasteiger partial charge in [0.15, 0.2) is 0 Å². The van der Waals surface area contributed by atoms with Crippen LogP contribution in [-0.2, 0) is 6.42 Å². The molecule has 21 heavy (non-hydrogen) atoms. The van der Waals surface area contributed by atoms with Crippen molar-refractivity contribution in [2.24, 2.45) is 5.41 Å². The summed E-state index contributed by atoms with van der Waals surface area (Å²) in [5, 5.41) is 16.3. The second-order valence-electron chi connectivity index (χ2n) is 5.55. The molecule has 0 bridgehead atoms. The van der Waals surface area contributed by atoms with Gasteiger partial charge in [0.1, 0.15) is 17.5 Å². The van der Waals surface area contributed by atoms with Crippen molar-refractivity contribution in [2.45, 2.75) is 53.4 Å². The summed E-state index contributed by atoms with van der Waals surface area (Å²) in [6, 6.07) is 1.94. The number of hydrogen-bond acceptors (Lipinski definition) is 5. The molecule has 0 fully saturated rings. The Bertz CT molecular complexity index is 386. The molecule has 0 aliphatic carbocycles. The molecule has 1 aromatic rings. The Balaban J connectivity index is 2.85. The maximum Gasteiger partial charge on any atom is 0.133 e. The SMILES string of the molecule is CCCc1nc(NCC)cc(NCC(CC)(CC)CO)n1. The molecule has 1 rings (SSSR count). The first-order valence-corrected chi connectivity index (χ1v) is 8.09. The van der Waals surface area contributed by atoms with Gasteiger partial charge in [-0.05, 0) is 26.2 Å². The van der Waals surface area contributed by atoms with E-state index in [4.69, 9.17) is 0 Å². The number of rotatable bonds is 10. The highest BCUT2D eigenvalue weighted by Crippen LogP contribution is 2.26. The number of nitrogens with one attached hydrogen (secondary N) is 2. The lowest BCUT2D eigenvalue weighted by atomic mass is 9.83. The minimum absolute atomic E-state index is 0.0752. The minimum atomic E-state index is -0.0752. The van der Waals surface area contributed by atoms with Gasteiger partial charge in [-0.15, -0.1) is 0 Å². The molecule has 0 aromatic carbocycles. The van der Waals surface area contributed by atoms with Crippen LogP contribution < -0.4 is 10.6 Å². The first kappa shape index (κ1) is 17.7. The first-order valence-electron chi connectivity index (χ1n) is 8.09. The summed E-state index contributed by atoms with van der Waals surface area (Å²) in [6.07, 6.45) is 3.79. The molecule has 1 aromatic heterocycles. The fourth-order valence-electron chi connectivity index (χ4n) is 2.25. The maximum absolute atomic E-state index is 9.65. The van der Waals surface area contributed by atoms with Gasteiger partial charge in [0.05, 0.1) is 6.61 Å². The number of aliphatic hydroxyl groups excluding tert-OH is 1. The van der Waals surface area contributed by atoms with E-state index in [2.05, 4.69) is 48.3 Å². The van der Waals surface area contributed by atoms with Crippen molar-refractivity contribution in [3.8, 4) is 0 Å². The van der Waals surface area contributed by atoms with Crippen molar-refractivity contribution < 1.29 is 5.11 Å². The smallest absolute Gasteiger partial charge is 0.133 e. The molecular formula is C16H30N4O. The van der Waals surface area contributed by atoms with E-state index in [1.54, 1.807) is 0 Å². The Hall–Kier alpha value is -1.36. The Morgan fingerprint density at radius 2 is 1.67 bits per heavy atom. The average molecular weight is 294 g/mol. The molecule has 5 nitrogen and oxygen atoms in total. The molecule has 0 aliphatic heterocycles. The molecule has 120 valence electrons. The standard InChI is InChI=1S/C16H30N4O/c1-5-9-13-19-14(17-8-4)10-15(20-13)18-11-16(6-2,7-3)12-21/h10,21H,5-9,11-12H2,1-4H3,(H2,17,18,19,20). The summed E-state index contributed by atoms with van der Waals surface area (Å²) >= 11 is 0. The lowest BCUT2D eigenvalue weighted by Gasteiger charge is -2.29. The van der Waals surface area contributed by atoms with E-state index in [1.807, 2.05) is 6.07 Å². The Kier molecular flexibility index (Phi) is 7.43. The number of anilines is 2. The van der Waals surface area contributed by atoms with Gasteiger partial charge in [0.2, 0.25) is 0 Å². The Morgan fingerprint density at radius 3 is 2.14 bits per heavy atom. The number of nitrogens with zero attached hydrogens (tertiary/aromatic N) is 2. The summed E-state index contributed by atoms with van der Waals surface area (Å²) < 4.78 is 0. The first-order chi connectivity index (χ1) is 10.1. The average Bonchev–Trinajstić information content (AvgIpc) is 2.50. The van der Waals surface area contributed by atoms with Crippen LogP contribution in [0.15, 0.2) is 6.07 Å². The van der Waals surface area contributed by atoms with Crippen LogP contribution in [0.2, 0.25) is 0 Å². The lowest BCUT2D eigenvalue weighted by Crippen LogP contribution is -2.32. The van der Waals surface area contributed by atoms with Gasteiger partial charge in [-0.3, -0.25) is 0 Å². The summed E-state index contributed by atoms with van der Waals surface area (Å²) in [6.45, 7) is 10.2. The normalized spacial score (nSPS) is 11.5. The zero-order chi connectivity index (χ0) is 15.7. The van der Waals surface area contributed by atoms with Crippen molar-refractivity contribution in [2.75, 3.05) is 30.3 Å². The van der Waals surface area contributed by atoms with E-state index in [0.717, 1.165) is 56.2 Å². The fourth-order valence-corrected chi connectivity index (χ4v) is 2.25. The van der Waals surface area contributed by atoms with Crippen LogP contribution >= 0.6 is 0 Å². The fraction of sp³-hybridized carbons (Fsp3) is 0.750.